The molecule has 0 radical (unpaired) electrons. The molecule has 2 aromatic rings. The van der Waals surface area contributed by atoms with Crippen LogP contribution in [0.25, 0.3) is 11.1 Å². The number of alkyl halides is 2. The Balaban J connectivity index is 1.37. The number of amides is 2. The molecule has 7 nitrogen and oxygen atoms in total. The van der Waals surface area contributed by atoms with Crippen LogP contribution in [0, 0.1) is 0 Å². The number of nitrogens with zero attached hydrogens (tertiary/aromatic N) is 1. The number of carboxylic acid groups (broad SMARTS) is 1. The zero-order valence-electron chi connectivity index (χ0n) is 17.0. The molecular weight excluding hydrogens is 422 g/mol. The minimum Gasteiger partial charge on any atom is -0.480 e. The minimum atomic E-state index is -3.01. The Morgan fingerprint density at radius 1 is 1.06 bits per heavy atom. The third kappa shape index (κ3) is 4.15. The smallest absolute Gasteiger partial charge is 0.407 e. The number of carboxylic acids is 1. The fourth-order valence-corrected chi connectivity index (χ4v) is 4.24. The quantitative estimate of drug-likeness (QED) is 0.684. The van der Waals surface area contributed by atoms with E-state index in [0.29, 0.717) is 0 Å². The van der Waals surface area contributed by atoms with E-state index in [2.05, 4.69) is 5.32 Å². The number of nitrogens with one attached hydrogen (secondary N) is 1. The van der Waals surface area contributed by atoms with E-state index in [0.717, 1.165) is 27.2 Å². The molecule has 1 aliphatic heterocycles. The maximum atomic E-state index is 13.4. The van der Waals surface area contributed by atoms with Gasteiger partial charge in [-0.25, -0.2) is 18.4 Å². The van der Waals surface area contributed by atoms with Gasteiger partial charge in [-0.2, -0.15) is 0 Å². The molecule has 1 fully saturated rings. The lowest BCUT2D eigenvalue weighted by Gasteiger charge is -2.38. The van der Waals surface area contributed by atoms with Crippen molar-refractivity contribution in [3.05, 3.63) is 59.7 Å². The Hall–Kier alpha value is -3.49. The number of carbonyl (C=O) groups excluding carboxylic acids is 2. The van der Waals surface area contributed by atoms with Crippen LogP contribution in [-0.2, 0) is 14.3 Å². The Morgan fingerprint density at radius 3 is 2.16 bits per heavy atom. The van der Waals surface area contributed by atoms with Gasteiger partial charge in [0, 0.05) is 12.5 Å². The molecule has 0 bridgehead atoms. The van der Waals surface area contributed by atoms with Crippen molar-refractivity contribution < 1.29 is 33.0 Å². The van der Waals surface area contributed by atoms with E-state index in [-0.39, 0.29) is 25.5 Å². The van der Waals surface area contributed by atoms with E-state index < -0.39 is 42.9 Å². The summed E-state index contributed by atoms with van der Waals surface area (Å²) in [6.45, 7) is 0.147. The van der Waals surface area contributed by atoms with Crippen molar-refractivity contribution in [2.24, 2.45) is 0 Å². The molecule has 32 heavy (non-hydrogen) atoms. The van der Waals surface area contributed by atoms with Crippen LogP contribution in [0.5, 0.6) is 0 Å². The summed E-state index contributed by atoms with van der Waals surface area (Å²) in [6.07, 6.45) is -4.49. The topological polar surface area (TPSA) is 95.9 Å². The largest absolute Gasteiger partial charge is 0.480 e. The number of hydrogen-bond acceptors (Lipinski definition) is 4. The third-order valence-corrected chi connectivity index (χ3v) is 5.97. The van der Waals surface area contributed by atoms with Gasteiger partial charge in [-0.3, -0.25) is 4.79 Å². The summed E-state index contributed by atoms with van der Waals surface area (Å²) in [5.41, 5.74) is 4.05. The SMILES string of the molecule is O=C(NC(CC(=O)N1CCC1C(=O)O)C(F)F)OCC1c2ccccc2-c2ccccc21. The highest BCUT2D eigenvalue weighted by Crippen LogP contribution is 2.44. The van der Waals surface area contributed by atoms with Crippen LogP contribution in [0.3, 0.4) is 0 Å². The molecule has 1 heterocycles. The highest BCUT2D eigenvalue weighted by atomic mass is 19.3. The molecule has 2 aromatic carbocycles. The Bertz CT molecular complexity index is 999. The van der Waals surface area contributed by atoms with Crippen molar-refractivity contribution in [2.45, 2.75) is 37.3 Å². The highest BCUT2D eigenvalue weighted by Gasteiger charge is 2.39. The summed E-state index contributed by atoms with van der Waals surface area (Å²) in [5.74, 6) is -2.15. The van der Waals surface area contributed by atoms with Crippen molar-refractivity contribution >= 4 is 18.0 Å². The van der Waals surface area contributed by atoms with Gasteiger partial charge in [0.2, 0.25) is 5.91 Å². The lowest BCUT2D eigenvalue weighted by molar-refractivity contribution is -0.157. The van der Waals surface area contributed by atoms with Crippen LogP contribution >= 0.6 is 0 Å². The zero-order chi connectivity index (χ0) is 22.8. The van der Waals surface area contributed by atoms with Crippen molar-refractivity contribution in [1.29, 1.82) is 0 Å². The number of halogens is 2. The number of ether oxygens (including phenoxy) is 1. The summed E-state index contributed by atoms with van der Waals surface area (Å²) in [6, 6.07) is 12.7. The molecule has 4 rings (SSSR count). The highest BCUT2D eigenvalue weighted by molar-refractivity contribution is 5.86. The predicted molar refractivity (Wildman–Crippen MR) is 110 cm³/mol. The molecule has 2 aliphatic rings. The first-order valence-electron chi connectivity index (χ1n) is 10.3. The van der Waals surface area contributed by atoms with Gasteiger partial charge in [-0.15, -0.1) is 0 Å². The van der Waals surface area contributed by atoms with E-state index in [1.165, 1.54) is 0 Å². The van der Waals surface area contributed by atoms with Crippen LogP contribution in [0.15, 0.2) is 48.5 Å². The first-order chi connectivity index (χ1) is 15.4. The summed E-state index contributed by atoms with van der Waals surface area (Å²) in [4.78, 5) is 36.5. The average molecular weight is 444 g/mol. The second kappa shape index (κ2) is 8.94. The van der Waals surface area contributed by atoms with Crippen LogP contribution < -0.4 is 5.32 Å². The van der Waals surface area contributed by atoms with Gasteiger partial charge in [-0.1, -0.05) is 48.5 Å². The third-order valence-electron chi connectivity index (χ3n) is 5.97. The molecule has 2 amide bonds. The maximum Gasteiger partial charge on any atom is 0.407 e. The number of fused-ring (bicyclic) bond motifs is 3. The summed E-state index contributed by atoms with van der Waals surface area (Å²) < 4.78 is 32.1. The number of aliphatic carboxylic acids is 1. The first kappa shape index (κ1) is 21.7. The Kier molecular flexibility index (Phi) is 6.07. The summed E-state index contributed by atoms with van der Waals surface area (Å²) >= 11 is 0. The molecule has 2 unspecified atom stereocenters. The van der Waals surface area contributed by atoms with Crippen LogP contribution in [0.4, 0.5) is 13.6 Å². The first-order valence-corrected chi connectivity index (χ1v) is 10.3. The molecule has 0 saturated carbocycles. The predicted octanol–water partition coefficient (Wildman–Crippen LogP) is 3.23. The molecule has 1 aliphatic carbocycles. The van der Waals surface area contributed by atoms with Crippen molar-refractivity contribution in [3.63, 3.8) is 0 Å². The molecule has 0 spiro atoms. The minimum absolute atomic E-state index is 0.0447. The lowest BCUT2D eigenvalue weighted by Crippen LogP contribution is -2.56. The molecule has 9 heteroatoms. The van der Waals surface area contributed by atoms with Crippen molar-refractivity contribution in [1.82, 2.24) is 10.2 Å². The number of benzene rings is 2. The van der Waals surface area contributed by atoms with Gasteiger partial charge in [0.05, 0.1) is 6.42 Å². The molecule has 0 aromatic heterocycles. The zero-order valence-corrected chi connectivity index (χ0v) is 17.0. The fraction of sp³-hybridized carbons (Fsp3) is 0.348. The number of hydrogen-bond donors (Lipinski definition) is 2. The van der Waals surface area contributed by atoms with Gasteiger partial charge in [0.15, 0.2) is 0 Å². The van der Waals surface area contributed by atoms with Crippen molar-refractivity contribution in [3.8, 4) is 11.1 Å². The molecule has 1 saturated heterocycles. The van der Waals surface area contributed by atoms with Crippen molar-refractivity contribution in [2.75, 3.05) is 13.2 Å². The molecule has 2 atom stereocenters. The van der Waals surface area contributed by atoms with E-state index in [1.54, 1.807) is 0 Å². The molecule has 168 valence electrons. The lowest BCUT2D eigenvalue weighted by atomic mass is 9.98. The number of carbonyl (C=O) groups is 3. The second-order valence-corrected chi connectivity index (χ2v) is 7.84. The van der Waals surface area contributed by atoms with E-state index in [4.69, 9.17) is 9.84 Å². The normalized spacial score (nSPS) is 17.8. The van der Waals surface area contributed by atoms with Crippen LogP contribution in [0.1, 0.15) is 29.9 Å². The van der Waals surface area contributed by atoms with E-state index in [1.807, 2.05) is 48.5 Å². The number of alkyl carbamates (subject to hydrolysis) is 1. The van der Waals surface area contributed by atoms with Crippen LogP contribution in [0.2, 0.25) is 0 Å². The van der Waals surface area contributed by atoms with Gasteiger partial charge >= 0.3 is 12.1 Å². The van der Waals surface area contributed by atoms with E-state index in [9.17, 15) is 23.2 Å². The number of rotatable bonds is 7. The fourth-order valence-electron chi connectivity index (χ4n) is 4.24. The standard InChI is InChI=1S/C23H22F2N2O5/c24-21(25)18(11-20(28)27-10-9-19(27)22(29)30)26-23(31)32-12-17-15-7-3-1-5-13(15)14-6-2-4-8-16(14)17/h1-8,17-19,21H,9-12H2,(H,26,31)(H,29,30). The van der Waals surface area contributed by atoms with E-state index >= 15 is 0 Å². The van der Waals surface area contributed by atoms with Gasteiger partial charge in [-0.05, 0) is 28.7 Å². The Labute approximate surface area is 183 Å². The summed E-state index contributed by atoms with van der Waals surface area (Å²) in [5, 5.41) is 11.1. The van der Waals surface area contributed by atoms with Gasteiger partial charge in [0.25, 0.3) is 6.43 Å². The second-order valence-electron chi connectivity index (χ2n) is 7.84. The molecule has 2 N–H and O–H groups in total. The summed E-state index contributed by atoms with van der Waals surface area (Å²) in [7, 11) is 0. The Morgan fingerprint density at radius 2 is 1.66 bits per heavy atom. The monoisotopic (exact) mass is 444 g/mol. The van der Waals surface area contributed by atoms with Crippen LogP contribution in [-0.4, -0.2) is 59.6 Å². The van der Waals surface area contributed by atoms with Gasteiger partial charge < -0.3 is 20.1 Å². The average Bonchev–Trinajstić information content (AvgIpc) is 3.04. The molecular formula is C23H22F2N2O5. The maximum absolute atomic E-state index is 13.4. The van der Waals surface area contributed by atoms with Gasteiger partial charge in [0.1, 0.15) is 18.7 Å². The number of likely N-dealkylation sites (tertiary alicyclic amines) is 1.